The monoisotopic (exact) mass is 525 g/mol. The fourth-order valence-electron chi connectivity index (χ4n) is 4.54. The number of carbonyl (C=O) groups is 1. The first-order chi connectivity index (χ1) is 18.5. The molecule has 0 aliphatic carbocycles. The molecule has 5 aromatic rings. The van der Waals surface area contributed by atoms with E-state index < -0.39 is 6.04 Å². The van der Waals surface area contributed by atoms with Crippen LogP contribution in [-0.2, 0) is 13.0 Å². The highest BCUT2D eigenvalue weighted by Crippen LogP contribution is 2.28. The normalized spacial score (nSPS) is 11.8. The average Bonchev–Trinajstić information content (AvgIpc) is 3.30. The number of amides is 1. The number of halogens is 1. The highest BCUT2D eigenvalue weighted by molar-refractivity contribution is 6.30. The molecule has 0 aliphatic rings. The Morgan fingerprint density at radius 1 is 0.868 bits per heavy atom. The molecule has 38 heavy (non-hydrogen) atoms. The summed E-state index contributed by atoms with van der Waals surface area (Å²) in [6, 6.07) is 30.3. The summed E-state index contributed by atoms with van der Waals surface area (Å²) in [6.07, 6.45) is 0.568. The third kappa shape index (κ3) is 5.66. The summed E-state index contributed by atoms with van der Waals surface area (Å²) in [5, 5.41) is 3.91. The second kappa shape index (κ2) is 11.4. The molecular weight excluding hydrogens is 498 g/mol. The minimum absolute atomic E-state index is 0.187. The van der Waals surface area contributed by atoms with Crippen molar-refractivity contribution in [3.8, 4) is 11.5 Å². The van der Waals surface area contributed by atoms with Crippen LogP contribution in [0.4, 0.5) is 0 Å². The summed E-state index contributed by atoms with van der Waals surface area (Å²) >= 11 is 6.31. The van der Waals surface area contributed by atoms with Crippen molar-refractivity contribution in [3.05, 3.63) is 125 Å². The molecule has 1 heterocycles. The van der Waals surface area contributed by atoms with Crippen molar-refractivity contribution in [2.75, 3.05) is 14.2 Å². The molecule has 4 aromatic carbocycles. The van der Waals surface area contributed by atoms with E-state index >= 15 is 0 Å². The van der Waals surface area contributed by atoms with Crippen molar-refractivity contribution in [3.63, 3.8) is 0 Å². The number of fused-ring (bicyclic) bond motifs is 1. The number of nitrogens with one attached hydrogen (secondary N) is 1. The number of aromatic nitrogens is 2. The van der Waals surface area contributed by atoms with E-state index in [1.165, 1.54) is 0 Å². The summed E-state index contributed by atoms with van der Waals surface area (Å²) in [4.78, 5) is 18.4. The first-order valence-corrected chi connectivity index (χ1v) is 12.7. The number of hydrogen-bond donors (Lipinski definition) is 1. The lowest BCUT2D eigenvalue weighted by Crippen LogP contribution is -2.32. The number of carbonyl (C=O) groups excluding carboxylic acids is 1. The second-order valence-corrected chi connectivity index (χ2v) is 9.42. The van der Waals surface area contributed by atoms with Crippen LogP contribution in [0.15, 0.2) is 97.1 Å². The molecule has 0 saturated carbocycles. The zero-order chi connectivity index (χ0) is 26.5. The van der Waals surface area contributed by atoms with Crippen molar-refractivity contribution in [2.45, 2.75) is 19.0 Å². The summed E-state index contributed by atoms with van der Waals surface area (Å²) < 4.78 is 12.9. The highest BCUT2D eigenvalue weighted by Gasteiger charge is 2.24. The van der Waals surface area contributed by atoms with E-state index in [1.54, 1.807) is 38.5 Å². The van der Waals surface area contributed by atoms with Gasteiger partial charge in [-0.05, 0) is 66.1 Å². The molecule has 192 valence electrons. The number of nitrogens with zero attached hydrogens (tertiary/aromatic N) is 2. The van der Waals surface area contributed by atoms with Gasteiger partial charge in [0.05, 0.1) is 31.3 Å². The predicted molar refractivity (Wildman–Crippen MR) is 150 cm³/mol. The van der Waals surface area contributed by atoms with Gasteiger partial charge in [0.25, 0.3) is 5.91 Å². The smallest absolute Gasteiger partial charge is 0.251 e. The van der Waals surface area contributed by atoms with Crippen LogP contribution in [0.5, 0.6) is 11.5 Å². The Morgan fingerprint density at radius 3 is 2.29 bits per heavy atom. The van der Waals surface area contributed by atoms with Crippen LogP contribution in [-0.4, -0.2) is 29.7 Å². The van der Waals surface area contributed by atoms with E-state index in [9.17, 15) is 4.79 Å². The number of hydrogen-bond acceptors (Lipinski definition) is 4. The third-order valence-electron chi connectivity index (χ3n) is 6.47. The Balaban J connectivity index is 1.59. The van der Waals surface area contributed by atoms with Gasteiger partial charge in [-0.1, -0.05) is 54.1 Å². The average molecular weight is 526 g/mol. The fraction of sp³-hybridized carbons (Fsp3) is 0.161. The van der Waals surface area contributed by atoms with Gasteiger partial charge >= 0.3 is 0 Å². The molecular formula is C31H28ClN3O3. The lowest BCUT2D eigenvalue weighted by Gasteiger charge is -2.21. The van der Waals surface area contributed by atoms with Crippen LogP contribution in [0.2, 0.25) is 5.02 Å². The van der Waals surface area contributed by atoms with Crippen LogP contribution in [0.25, 0.3) is 11.0 Å². The number of ether oxygens (including phenoxy) is 2. The van der Waals surface area contributed by atoms with Gasteiger partial charge in [0, 0.05) is 23.2 Å². The van der Waals surface area contributed by atoms with Crippen molar-refractivity contribution in [2.24, 2.45) is 0 Å². The summed E-state index contributed by atoms with van der Waals surface area (Å²) in [7, 11) is 3.25. The van der Waals surface area contributed by atoms with Gasteiger partial charge in [-0.25, -0.2) is 4.98 Å². The third-order valence-corrected chi connectivity index (χ3v) is 6.70. The van der Waals surface area contributed by atoms with Crippen LogP contribution >= 0.6 is 11.6 Å². The maximum atomic E-state index is 13.4. The van der Waals surface area contributed by atoms with Gasteiger partial charge in [-0.2, -0.15) is 0 Å². The highest BCUT2D eigenvalue weighted by atomic mass is 35.5. The Hall–Kier alpha value is -4.29. The van der Waals surface area contributed by atoms with E-state index in [0.717, 1.165) is 33.7 Å². The molecule has 1 aromatic heterocycles. The Kier molecular flexibility index (Phi) is 7.61. The van der Waals surface area contributed by atoms with Crippen LogP contribution in [0.3, 0.4) is 0 Å². The molecule has 7 heteroatoms. The van der Waals surface area contributed by atoms with Crippen LogP contribution in [0.1, 0.15) is 33.4 Å². The maximum absolute atomic E-state index is 13.4. The fourth-order valence-corrected chi connectivity index (χ4v) is 4.75. The minimum atomic E-state index is -0.399. The summed E-state index contributed by atoms with van der Waals surface area (Å²) in [5.41, 5.74) is 4.39. The zero-order valence-corrected chi connectivity index (χ0v) is 22.0. The molecule has 1 N–H and O–H groups in total. The van der Waals surface area contributed by atoms with Crippen LogP contribution in [0, 0.1) is 0 Å². The first kappa shape index (κ1) is 25.4. The van der Waals surface area contributed by atoms with Crippen molar-refractivity contribution >= 4 is 28.5 Å². The lowest BCUT2D eigenvalue weighted by molar-refractivity contribution is 0.0934. The quantitative estimate of drug-likeness (QED) is 0.239. The zero-order valence-electron chi connectivity index (χ0n) is 21.2. The van der Waals surface area contributed by atoms with Crippen LogP contribution < -0.4 is 14.8 Å². The largest absolute Gasteiger partial charge is 0.497 e. The number of benzene rings is 4. The molecule has 0 fully saturated rings. The van der Waals surface area contributed by atoms with Gasteiger partial charge in [0.2, 0.25) is 0 Å². The number of methoxy groups -OCH3 is 2. The number of rotatable bonds is 9. The van der Waals surface area contributed by atoms with E-state index in [1.807, 2.05) is 60.7 Å². The Labute approximate surface area is 226 Å². The summed E-state index contributed by atoms with van der Waals surface area (Å²) in [5.74, 6) is 1.99. The molecule has 5 rings (SSSR count). The van der Waals surface area contributed by atoms with E-state index in [0.29, 0.717) is 29.3 Å². The molecule has 1 amide bonds. The van der Waals surface area contributed by atoms with Crippen molar-refractivity contribution < 1.29 is 14.3 Å². The van der Waals surface area contributed by atoms with Crippen molar-refractivity contribution in [1.82, 2.24) is 14.9 Å². The van der Waals surface area contributed by atoms with Gasteiger partial charge < -0.3 is 19.4 Å². The summed E-state index contributed by atoms with van der Waals surface area (Å²) in [6.45, 7) is 0.531. The minimum Gasteiger partial charge on any atom is -0.497 e. The molecule has 0 spiro atoms. The number of imidazole rings is 1. The molecule has 0 bridgehead atoms. The van der Waals surface area contributed by atoms with E-state index in [-0.39, 0.29) is 5.91 Å². The standard InChI is InChI=1S/C31H28ClN3O3/c1-37-25-13-11-23(12-14-25)31(36)34-28(18-21-7-4-3-5-8-21)30-33-27-16-15-26(38-2)19-29(27)35(30)20-22-9-6-10-24(32)17-22/h3-17,19,28H,18,20H2,1-2H3,(H,34,36). The van der Waals surface area contributed by atoms with E-state index in [2.05, 4.69) is 22.0 Å². The van der Waals surface area contributed by atoms with Gasteiger partial charge in [0.15, 0.2) is 0 Å². The Bertz CT molecular complexity index is 1550. The molecule has 0 radical (unpaired) electrons. The topological polar surface area (TPSA) is 65.4 Å². The van der Waals surface area contributed by atoms with E-state index in [4.69, 9.17) is 26.1 Å². The first-order valence-electron chi connectivity index (χ1n) is 12.3. The molecule has 6 nitrogen and oxygen atoms in total. The molecule has 0 aliphatic heterocycles. The lowest BCUT2D eigenvalue weighted by atomic mass is 10.0. The van der Waals surface area contributed by atoms with Gasteiger partial charge in [-0.3, -0.25) is 4.79 Å². The molecule has 1 unspecified atom stereocenters. The Morgan fingerprint density at radius 2 is 1.58 bits per heavy atom. The van der Waals surface area contributed by atoms with Gasteiger partial charge in [-0.15, -0.1) is 0 Å². The maximum Gasteiger partial charge on any atom is 0.251 e. The SMILES string of the molecule is COc1ccc(C(=O)NC(Cc2ccccc2)c2nc3ccc(OC)cc3n2Cc2cccc(Cl)c2)cc1. The second-order valence-electron chi connectivity index (χ2n) is 8.98. The van der Waals surface area contributed by atoms with Crippen molar-refractivity contribution in [1.29, 1.82) is 0 Å². The predicted octanol–water partition coefficient (Wildman–Crippen LogP) is 6.47. The molecule has 1 atom stereocenters. The van der Waals surface area contributed by atoms with Gasteiger partial charge in [0.1, 0.15) is 17.3 Å². The molecule has 0 saturated heterocycles.